The molecule has 0 aliphatic heterocycles. The molecule has 0 amide bonds. The Balaban J connectivity index is 2.95. The van der Waals surface area contributed by atoms with E-state index in [-0.39, 0.29) is 6.29 Å². The lowest BCUT2D eigenvalue weighted by Crippen LogP contribution is -2.41. The van der Waals surface area contributed by atoms with E-state index in [1.54, 1.807) is 14.2 Å². The van der Waals surface area contributed by atoms with E-state index in [1.807, 2.05) is 0 Å². The van der Waals surface area contributed by atoms with Crippen molar-refractivity contribution in [1.29, 1.82) is 0 Å². The second-order valence-corrected chi connectivity index (χ2v) is 10.1. The highest BCUT2D eigenvalue weighted by Crippen LogP contribution is 2.10. The number of hydrogen-bond donors (Lipinski definition) is 0. The van der Waals surface area contributed by atoms with Crippen LogP contribution >= 0.6 is 0 Å². The molecule has 1 rings (SSSR count). The summed E-state index contributed by atoms with van der Waals surface area (Å²) in [5.74, 6) is 0. The molecule has 1 aromatic carbocycles. The van der Waals surface area contributed by atoms with Crippen molar-refractivity contribution in [3.63, 3.8) is 0 Å². The summed E-state index contributed by atoms with van der Waals surface area (Å²) in [6.45, 7) is 7.08. The summed E-state index contributed by atoms with van der Waals surface area (Å²) >= 11 is 0. The summed E-state index contributed by atoms with van der Waals surface area (Å²) in [4.78, 5) is 0. The van der Waals surface area contributed by atoms with Crippen molar-refractivity contribution in [3.8, 4) is 0 Å². The predicted molar refractivity (Wildman–Crippen MR) is 70.9 cm³/mol. The highest BCUT2D eigenvalue weighted by molar-refractivity contribution is 6.89. The van der Waals surface area contributed by atoms with Gasteiger partial charge >= 0.3 is 0 Å². The van der Waals surface area contributed by atoms with Gasteiger partial charge in [-0.05, 0) is 5.56 Å². The number of hydrogen-bond acceptors (Lipinski definition) is 2. The van der Waals surface area contributed by atoms with E-state index in [9.17, 15) is 0 Å². The third-order valence-electron chi connectivity index (χ3n) is 2.74. The van der Waals surface area contributed by atoms with Crippen LogP contribution in [-0.4, -0.2) is 28.6 Å². The van der Waals surface area contributed by atoms with Crippen LogP contribution in [0.4, 0.5) is 0 Å². The molecular formula is C13H22O2Si. The lowest BCUT2D eigenvalue weighted by atomic mass is 10.1. The first kappa shape index (κ1) is 13.4. The predicted octanol–water partition coefficient (Wildman–Crippen LogP) is 2.39. The molecule has 0 aromatic heterocycles. The monoisotopic (exact) mass is 238 g/mol. The molecule has 0 bridgehead atoms. The summed E-state index contributed by atoms with van der Waals surface area (Å²) in [6, 6.07) is 8.62. The van der Waals surface area contributed by atoms with Crippen LogP contribution in [0, 0.1) is 0 Å². The molecule has 0 radical (unpaired) electrons. The van der Waals surface area contributed by atoms with Gasteiger partial charge in [0.1, 0.15) is 0 Å². The molecule has 90 valence electrons. The van der Waals surface area contributed by atoms with E-state index in [2.05, 4.69) is 43.9 Å². The highest BCUT2D eigenvalue weighted by atomic mass is 28.3. The maximum absolute atomic E-state index is 5.26. The minimum Gasteiger partial charge on any atom is -0.356 e. The molecule has 1 aromatic rings. The summed E-state index contributed by atoms with van der Waals surface area (Å²) in [7, 11) is 2.09. The quantitative estimate of drug-likeness (QED) is 0.579. The second kappa shape index (κ2) is 5.62. The van der Waals surface area contributed by atoms with Gasteiger partial charge in [0.15, 0.2) is 6.29 Å². The Morgan fingerprint density at radius 3 is 2.12 bits per heavy atom. The number of benzene rings is 1. The summed E-state index contributed by atoms with van der Waals surface area (Å²) in [5.41, 5.74) is 1.36. The van der Waals surface area contributed by atoms with E-state index in [0.29, 0.717) is 0 Å². The van der Waals surface area contributed by atoms with Gasteiger partial charge in [0.05, 0.1) is 8.07 Å². The Labute approximate surface area is 99.6 Å². The maximum Gasteiger partial charge on any atom is 0.160 e. The van der Waals surface area contributed by atoms with Gasteiger partial charge in [-0.3, -0.25) is 0 Å². The topological polar surface area (TPSA) is 18.5 Å². The lowest BCUT2D eigenvalue weighted by molar-refractivity contribution is -0.100. The normalized spacial score (nSPS) is 12.1. The largest absolute Gasteiger partial charge is 0.356 e. The molecule has 0 spiro atoms. The molecule has 3 heteroatoms. The van der Waals surface area contributed by atoms with Crippen molar-refractivity contribution in [2.24, 2.45) is 0 Å². The highest BCUT2D eigenvalue weighted by Gasteiger charge is 2.21. The van der Waals surface area contributed by atoms with Crippen LogP contribution < -0.4 is 5.19 Å². The summed E-state index contributed by atoms with van der Waals surface area (Å²) in [5, 5.41) is 1.49. The molecule has 16 heavy (non-hydrogen) atoms. The smallest absolute Gasteiger partial charge is 0.160 e. The average Bonchev–Trinajstić information content (AvgIpc) is 2.25. The number of rotatable bonds is 5. The van der Waals surface area contributed by atoms with Gasteiger partial charge in [0, 0.05) is 20.6 Å². The molecule has 0 aliphatic carbocycles. The average molecular weight is 238 g/mol. The van der Waals surface area contributed by atoms with Crippen LogP contribution in [0.15, 0.2) is 24.3 Å². The minimum atomic E-state index is -1.28. The van der Waals surface area contributed by atoms with E-state index in [0.717, 1.165) is 6.42 Å². The molecule has 0 unspecified atom stereocenters. The van der Waals surface area contributed by atoms with E-state index < -0.39 is 8.07 Å². The molecule has 0 saturated heterocycles. The Kier molecular flexibility index (Phi) is 4.71. The summed E-state index contributed by atoms with van der Waals surface area (Å²) < 4.78 is 10.5. The van der Waals surface area contributed by atoms with Gasteiger partial charge in [0.2, 0.25) is 0 Å². The standard InChI is InChI=1S/C13H22O2Si/c1-14-13(15-2)10-11-8-6-7-9-12(11)16(3,4)5/h6-9,13H,10H2,1-5H3. The zero-order valence-corrected chi connectivity index (χ0v) is 11.9. The van der Waals surface area contributed by atoms with Crippen molar-refractivity contribution in [1.82, 2.24) is 0 Å². The zero-order chi connectivity index (χ0) is 12.2. The van der Waals surface area contributed by atoms with Crippen LogP contribution in [0.2, 0.25) is 19.6 Å². The summed E-state index contributed by atoms with van der Waals surface area (Å²) in [6.07, 6.45) is 0.686. The third-order valence-corrected chi connectivity index (χ3v) is 4.84. The fourth-order valence-corrected chi connectivity index (χ4v) is 3.62. The Morgan fingerprint density at radius 2 is 1.62 bits per heavy atom. The first-order valence-corrected chi connectivity index (χ1v) is 9.13. The number of ether oxygens (including phenoxy) is 2. The van der Waals surface area contributed by atoms with Gasteiger partial charge in [-0.1, -0.05) is 49.1 Å². The van der Waals surface area contributed by atoms with Crippen molar-refractivity contribution in [3.05, 3.63) is 29.8 Å². The SMILES string of the molecule is COC(Cc1ccccc1[Si](C)(C)C)OC. The second-order valence-electron chi connectivity index (χ2n) is 5.01. The van der Waals surface area contributed by atoms with Gasteiger partial charge < -0.3 is 9.47 Å². The zero-order valence-electron chi connectivity index (χ0n) is 10.9. The molecule has 0 fully saturated rings. The first-order valence-electron chi connectivity index (χ1n) is 5.63. The van der Waals surface area contributed by atoms with Gasteiger partial charge in [-0.2, -0.15) is 0 Å². The van der Waals surface area contributed by atoms with Crippen LogP contribution in [0.25, 0.3) is 0 Å². The maximum atomic E-state index is 5.26. The van der Waals surface area contributed by atoms with E-state index in [4.69, 9.17) is 9.47 Å². The molecule has 0 aliphatic rings. The number of methoxy groups -OCH3 is 2. The van der Waals surface area contributed by atoms with Gasteiger partial charge in [-0.15, -0.1) is 0 Å². The minimum absolute atomic E-state index is 0.141. The molecule has 2 nitrogen and oxygen atoms in total. The van der Waals surface area contributed by atoms with Crippen LogP contribution in [0.3, 0.4) is 0 Å². The lowest BCUT2D eigenvalue weighted by Gasteiger charge is -2.23. The third kappa shape index (κ3) is 3.44. The van der Waals surface area contributed by atoms with Crippen molar-refractivity contribution >= 4 is 13.3 Å². The van der Waals surface area contributed by atoms with Gasteiger partial charge in [-0.25, -0.2) is 0 Å². The Hall–Kier alpha value is -0.643. The fourth-order valence-electron chi connectivity index (χ4n) is 1.87. The van der Waals surface area contributed by atoms with Gasteiger partial charge in [0.25, 0.3) is 0 Å². The van der Waals surface area contributed by atoms with Crippen molar-refractivity contribution < 1.29 is 9.47 Å². The Bertz CT molecular complexity index is 327. The van der Waals surface area contributed by atoms with E-state index in [1.165, 1.54) is 10.8 Å². The van der Waals surface area contributed by atoms with Crippen LogP contribution in [0.1, 0.15) is 5.56 Å². The molecule has 0 atom stereocenters. The van der Waals surface area contributed by atoms with Crippen molar-refractivity contribution in [2.45, 2.75) is 32.4 Å². The molecule has 0 N–H and O–H groups in total. The molecular weight excluding hydrogens is 216 g/mol. The Morgan fingerprint density at radius 1 is 1.06 bits per heavy atom. The molecule has 0 heterocycles. The first-order chi connectivity index (χ1) is 7.49. The van der Waals surface area contributed by atoms with Crippen molar-refractivity contribution in [2.75, 3.05) is 14.2 Å². The van der Waals surface area contributed by atoms with E-state index >= 15 is 0 Å². The fraction of sp³-hybridized carbons (Fsp3) is 0.538. The van der Waals surface area contributed by atoms with Crippen LogP contribution in [-0.2, 0) is 15.9 Å². The molecule has 0 saturated carbocycles. The van der Waals surface area contributed by atoms with Crippen LogP contribution in [0.5, 0.6) is 0 Å².